The van der Waals surface area contributed by atoms with Crippen molar-refractivity contribution in [2.24, 2.45) is 28.1 Å². The van der Waals surface area contributed by atoms with Crippen LogP contribution in [0.5, 0.6) is 0 Å². The molecule has 24 heavy (non-hydrogen) atoms. The van der Waals surface area contributed by atoms with E-state index in [-0.39, 0.29) is 27.8 Å². The third-order valence-electron chi connectivity index (χ3n) is 8.62. The van der Waals surface area contributed by atoms with Gasteiger partial charge >= 0.3 is 5.97 Å². The molecule has 4 rings (SSSR count). The molecule has 2 saturated carbocycles. The van der Waals surface area contributed by atoms with Gasteiger partial charge in [0.15, 0.2) is 0 Å². The van der Waals surface area contributed by atoms with Gasteiger partial charge < -0.3 is 9.47 Å². The lowest BCUT2D eigenvalue weighted by Crippen LogP contribution is -2.60. The molecule has 7 atom stereocenters. The SMILES string of the molecule is C=C[C@]1(C)C[C@@]23CC[C@H]4[C@@](C)(CCC[C@@]4(C)C(=O)OC)[C@@H]2C[C@H]1O3. The summed E-state index contributed by atoms with van der Waals surface area (Å²) in [5, 5.41) is 0. The standard InChI is InChI=1S/C21H32O3/c1-6-18(2)13-21-11-8-14-19(3,15(21)12-16(18)24-21)9-7-10-20(14,4)17(22)23-5/h6,14-16H,1,7-13H2,2-5H3/t14-,15-,16+,18+,19+,20+,21-/m0/s1. The van der Waals surface area contributed by atoms with E-state index in [0.29, 0.717) is 17.9 Å². The van der Waals surface area contributed by atoms with E-state index >= 15 is 0 Å². The number of ether oxygens (including phenoxy) is 2. The summed E-state index contributed by atoms with van der Waals surface area (Å²) in [5.41, 5.74) is 0.0108. The highest BCUT2D eigenvalue weighted by molar-refractivity contribution is 5.77. The minimum absolute atomic E-state index is 0.00520. The highest BCUT2D eigenvalue weighted by Gasteiger charge is 2.71. The maximum atomic E-state index is 12.6. The van der Waals surface area contributed by atoms with E-state index in [1.807, 2.05) is 0 Å². The molecule has 0 radical (unpaired) electrons. The van der Waals surface area contributed by atoms with Crippen LogP contribution in [0.2, 0.25) is 0 Å². The van der Waals surface area contributed by atoms with Crippen LogP contribution in [0.15, 0.2) is 12.7 Å². The van der Waals surface area contributed by atoms with E-state index in [9.17, 15) is 4.79 Å². The number of esters is 1. The number of methoxy groups -OCH3 is 1. The molecule has 2 saturated heterocycles. The van der Waals surface area contributed by atoms with Gasteiger partial charge in [0.25, 0.3) is 0 Å². The van der Waals surface area contributed by atoms with Gasteiger partial charge in [-0.3, -0.25) is 4.79 Å². The highest BCUT2D eigenvalue weighted by atomic mass is 16.5. The summed E-state index contributed by atoms with van der Waals surface area (Å²) in [5.74, 6) is 0.986. The lowest BCUT2D eigenvalue weighted by Gasteiger charge is -2.61. The van der Waals surface area contributed by atoms with Crippen molar-refractivity contribution in [1.29, 1.82) is 0 Å². The summed E-state index contributed by atoms with van der Waals surface area (Å²) in [6, 6.07) is 0. The molecule has 4 aliphatic rings. The molecule has 3 nitrogen and oxygen atoms in total. The molecule has 0 aromatic rings. The van der Waals surface area contributed by atoms with Crippen LogP contribution in [-0.2, 0) is 14.3 Å². The Labute approximate surface area is 146 Å². The second-order valence-corrected chi connectivity index (χ2v) is 9.71. The van der Waals surface area contributed by atoms with E-state index < -0.39 is 0 Å². The fourth-order valence-corrected chi connectivity index (χ4v) is 7.41. The van der Waals surface area contributed by atoms with Crippen molar-refractivity contribution in [3.63, 3.8) is 0 Å². The largest absolute Gasteiger partial charge is 0.469 e. The third-order valence-corrected chi connectivity index (χ3v) is 8.62. The molecule has 2 heterocycles. The normalized spacial score (nSPS) is 55.6. The minimum atomic E-state index is -0.326. The Morgan fingerprint density at radius 1 is 1.21 bits per heavy atom. The van der Waals surface area contributed by atoms with Gasteiger partial charge in [-0.05, 0) is 62.7 Å². The van der Waals surface area contributed by atoms with E-state index in [1.54, 1.807) is 7.11 Å². The van der Waals surface area contributed by atoms with E-state index in [1.165, 1.54) is 6.42 Å². The zero-order chi connectivity index (χ0) is 17.4. The smallest absolute Gasteiger partial charge is 0.311 e. The van der Waals surface area contributed by atoms with Crippen molar-refractivity contribution in [1.82, 2.24) is 0 Å². The Kier molecular flexibility index (Phi) is 3.37. The van der Waals surface area contributed by atoms with Gasteiger partial charge in [0.1, 0.15) is 0 Å². The van der Waals surface area contributed by atoms with Crippen molar-refractivity contribution in [2.75, 3.05) is 7.11 Å². The van der Waals surface area contributed by atoms with Crippen molar-refractivity contribution in [2.45, 2.75) is 77.4 Å². The average Bonchev–Trinajstić information content (AvgIpc) is 3.07. The van der Waals surface area contributed by atoms with Crippen LogP contribution in [0.1, 0.15) is 65.7 Å². The number of carbonyl (C=O) groups is 1. The van der Waals surface area contributed by atoms with Crippen molar-refractivity contribution in [3.05, 3.63) is 12.7 Å². The molecule has 4 fully saturated rings. The summed E-state index contributed by atoms with van der Waals surface area (Å²) >= 11 is 0. The Balaban J connectivity index is 1.71. The molecule has 0 N–H and O–H groups in total. The molecule has 2 bridgehead atoms. The molecule has 2 aliphatic heterocycles. The Morgan fingerprint density at radius 2 is 1.96 bits per heavy atom. The molecule has 0 amide bonds. The second-order valence-electron chi connectivity index (χ2n) is 9.71. The van der Waals surface area contributed by atoms with Crippen LogP contribution in [0.4, 0.5) is 0 Å². The quantitative estimate of drug-likeness (QED) is 0.551. The van der Waals surface area contributed by atoms with Gasteiger partial charge in [-0.15, -0.1) is 6.58 Å². The molecule has 0 unspecified atom stereocenters. The maximum absolute atomic E-state index is 12.6. The van der Waals surface area contributed by atoms with E-state index in [2.05, 4.69) is 33.4 Å². The molecular formula is C21H32O3. The van der Waals surface area contributed by atoms with Crippen molar-refractivity contribution < 1.29 is 14.3 Å². The van der Waals surface area contributed by atoms with Crippen LogP contribution >= 0.6 is 0 Å². The molecular weight excluding hydrogens is 300 g/mol. The molecule has 0 aromatic carbocycles. The first kappa shape index (κ1) is 16.6. The fraction of sp³-hybridized carbons (Fsp3) is 0.857. The summed E-state index contributed by atoms with van der Waals surface area (Å²) in [4.78, 5) is 12.6. The maximum Gasteiger partial charge on any atom is 0.311 e. The van der Waals surface area contributed by atoms with Crippen LogP contribution < -0.4 is 0 Å². The van der Waals surface area contributed by atoms with Crippen molar-refractivity contribution in [3.8, 4) is 0 Å². The van der Waals surface area contributed by atoms with Gasteiger partial charge in [0, 0.05) is 5.41 Å². The number of hydrogen-bond donors (Lipinski definition) is 0. The topological polar surface area (TPSA) is 35.5 Å². The predicted molar refractivity (Wildman–Crippen MR) is 93.4 cm³/mol. The molecule has 0 aromatic heterocycles. The van der Waals surface area contributed by atoms with Crippen LogP contribution in [-0.4, -0.2) is 24.8 Å². The summed E-state index contributed by atoms with van der Waals surface area (Å²) < 4.78 is 11.9. The Bertz CT molecular complexity index is 586. The fourth-order valence-electron chi connectivity index (χ4n) is 7.41. The summed E-state index contributed by atoms with van der Waals surface area (Å²) in [6.45, 7) is 11.0. The Morgan fingerprint density at radius 3 is 2.62 bits per heavy atom. The average molecular weight is 332 g/mol. The first-order valence-electron chi connectivity index (χ1n) is 9.64. The van der Waals surface area contributed by atoms with Crippen LogP contribution in [0.3, 0.4) is 0 Å². The zero-order valence-corrected chi connectivity index (χ0v) is 15.7. The van der Waals surface area contributed by atoms with Gasteiger partial charge in [-0.2, -0.15) is 0 Å². The van der Waals surface area contributed by atoms with Crippen LogP contribution in [0.25, 0.3) is 0 Å². The monoisotopic (exact) mass is 332 g/mol. The molecule has 1 spiro atoms. The van der Waals surface area contributed by atoms with Gasteiger partial charge in [0.05, 0.1) is 24.2 Å². The van der Waals surface area contributed by atoms with E-state index in [4.69, 9.17) is 9.47 Å². The minimum Gasteiger partial charge on any atom is -0.469 e. The molecule has 3 heteroatoms. The lowest BCUT2D eigenvalue weighted by atomic mass is 9.42. The second kappa shape index (κ2) is 4.87. The summed E-state index contributed by atoms with van der Waals surface area (Å²) in [6.07, 6.45) is 10.1. The first-order chi connectivity index (χ1) is 11.2. The Hall–Kier alpha value is -0.830. The lowest BCUT2D eigenvalue weighted by molar-refractivity contribution is -0.184. The first-order valence-corrected chi connectivity index (χ1v) is 9.64. The molecule has 134 valence electrons. The van der Waals surface area contributed by atoms with Crippen molar-refractivity contribution >= 4 is 5.97 Å². The zero-order valence-electron chi connectivity index (χ0n) is 15.7. The summed E-state index contributed by atoms with van der Waals surface area (Å²) in [7, 11) is 1.54. The molecule has 2 aliphatic carbocycles. The van der Waals surface area contributed by atoms with Gasteiger partial charge in [0.2, 0.25) is 0 Å². The number of carbonyl (C=O) groups excluding carboxylic acids is 1. The van der Waals surface area contributed by atoms with Gasteiger partial charge in [-0.25, -0.2) is 0 Å². The highest BCUT2D eigenvalue weighted by Crippen LogP contribution is 2.71. The third kappa shape index (κ3) is 1.80. The van der Waals surface area contributed by atoms with Crippen LogP contribution in [0, 0.1) is 28.1 Å². The predicted octanol–water partition coefficient (Wildman–Crippen LogP) is 4.51. The number of fused-ring (bicyclic) bond motifs is 3. The number of hydrogen-bond acceptors (Lipinski definition) is 3. The number of rotatable bonds is 2. The van der Waals surface area contributed by atoms with Gasteiger partial charge in [-0.1, -0.05) is 26.3 Å². The van der Waals surface area contributed by atoms with E-state index in [0.717, 1.165) is 38.5 Å².